The molecule has 0 radical (unpaired) electrons. The van der Waals surface area contributed by atoms with Crippen molar-refractivity contribution in [2.45, 2.75) is 38.3 Å². The van der Waals surface area contributed by atoms with Gasteiger partial charge in [-0.2, -0.15) is 0 Å². The highest BCUT2D eigenvalue weighted by Gasteiger charge is 2.25. The van der Waals surface area contributed by atoms with Crippen LogP contribution in [0.25, 0.3) is 0 Å². The number of rotatable bonds is 6. The molecule has 1 N–H and O–H groups in total. The van der Waals surface area contributed by atoms with Crippen LogP contribution in [0.3, 0.4) is 0 Å². The predicted octanol–water partition coefficient (Wildman–Crippen LogP) is 2.58. The van der Waals surface area contributed by atoms with Crippen LogP contribution in [0.15, 0.2) is 36.7 Å². The van der Waals surface area contributed by atoms with Gasteiger partial charge in [0.25, 0.3) is 5.91 Å². The molecule has 1 saturated carbocycles. The number of nitrogens with one attached hydrogen (secondary N) is 1. The van der Waals surface area contributed by atoms with Crippen molar-refractivity contribution in [3.8, 4) is 5.75 Å². The van der Waals surface area contributed by atoms with Gasteiger partial charge in [0.05, 0.1) is 12.2 Å². The number of hydrogen-bond acceptors (Lipinski definition) is 4. The number of amides is 1. The van der Waals surface area contributed by atoms with E-state index in [2.05, 4.69) is 15.3 Å². The zero-order chi connectivity index (χ0) is 16.2. The smallest absolute Gasteiger partial charge is 0.261 e. The summed E-state index contributed by atoms with van der Waals surface area (Å²) in [4.78, 5) is 20.5. The zero-order valence-corrected chi connectivity index (χ0v) is 12.8. The maximum atomic E-state index is 13.1. The second-order valence-corrected chi connectivity index (χ2v) is 5.64. The number of carbonyl (C=O) groups is 1. The number of ether oxygens (including phenoxy) is 1. The lowest BCUT2D eigenvalue weighted by Gasteiger charge is -2.14. The van der Waals surface area contributed by atoms with Gasteiger partial charge in [0.2, 0.25) is 0 Å². The third kappa shape index (κ3) is 4.25. The Bertz CT molecular complexity index is 704. The molecule has 6 heteroatoms. The van der Waals surface area contributed by atoms with Crippen LogP contribution in [0.4, 0.5) is 4.39 Å². The van der Waals surface area contributed by atoms with Crippen molar-refractivity contribution in [1.29, 1.82) is 0 Å². The largest absolute Gasteiger partial charge is 0.481 e. The first-order valence-electron chi connectivity index (χ1n) is 7.62. The van der Waals surface area contributed by atoms with E-state index in [1.54, 1.807) is 13.0 Å². The average molecular weight is 315 g/mol. The van der Waals surface area contributed by atoms with E-state index in [4.69, 9.17) is 4.74 Å². The van der Waals surface area contributed by atoms with Crippen LogP contribution in [0.2, 0.25) is 0 Å². The Balaban J connectivity index is 1.53. The molecule has 1 amide bonds. The molecule has 23 heavy (non-hydrogen) atoms. The molecule has 120 valence electrons. The summed E-state index contributed by atoms with van der Waals surface area (Å²) in [5.74, 6) is 0.193. The standard InChI is InChI=1S/C17H18FN3O2/c1-11(23-15-4-2-3-13(18)7-15)17(22)19-9-14-8-16(12-5-6-12)21-10-20-14/h2-4,7-8,10-12H,5-6,9H2,1H3,(H,19,22). The normalized spacial score (nSPS) is 15.0. The fraction of sp³-hybridized carbons (Fsp3) is 0.353. The minimum absolute atomic E-state index is 0.277. The molecule has 1 fully saturated rings. The van der Waals surface area contributed by atoms with Crippen LogP contribution in [0, 0.1) is 5.82 Å². The summed E-state index contributed by atoms with van der Waals surface area (Å²) in [6.07, 6.45) is 3.14. The van der Waals surface area contributed by atoms with Gasteiger partial charge < -0.3 is 10.1 Å². The molecule has 1 atom stereocenters. The number of nitrogens with zero attached hydrogens (tertiary/aromatic N) is 2. The highest BCUT2D eigenvalue weighted by molar-refractivity contribution is 5.80. The fourth-order valence-corrected chi connectivity index (χ4v) is 2.23. The Morgan fingerprint density at radius 1 is 1.39 bits per heavy atom. The third-order valence-corrected chi connectivity index (χ3v) is 3.66. The van der Waals surface area contributed by atoms with Gasteiger partial charge >= 0.3 is 0 Å². The third-order valence-electron chi connectivity index (χ3n) is 3.66. The Labute approximate surface area is 133 Å². The van der Waals surface area contributed by atoms with Gasteiger partial charge in [-0.15, -0.1) is 0 Å². The topological polar surface area (TPSA) is 64.1 Å². The minimum Gasteiger partial charge on any atom is -0.481 e. The molecule has 1 unspecified atom stereocenters. The van der Waals surface area contributed by atoms with Crippen LogP contribution >= 0.6 is 0 Å². The van der Waals surface area contributed by atoms with E-state index < -0.39 is 11.9 Å². The molecule has 1 aliphatic rings. The minimum atomic E-state index is -0.721. The summed E-state index contributed by atoms with van der Waals surface area (Å²) < 4.78 is 18.5. The summed E-state index contributed by atoms with van der Waals surface area (Å²) in [6.45, 7) is 1.94. The monoisotopic (exact) mass is 315 g/mol. The first-order valence-corrected chi connectivity index (χ1v) is 7.62. The van der Waals surface area contributed by atoms with Crippen molar-refractivity contribution in [2.24, 2.45) is 0 Å². The quantitative estimate of drug-likeness (QED) is 0.890. The molecule has 1 aromatic carbocycles. The Hall–Kier alpha value is -2.50. The highest BCUT2D eigenvalue weighted by atomic mass is 19.1. The lowest BCUT2D eigenvalue weighted by Crippen LogP contribution is -2.36. The number of benzene rings is 1. The molecule has 0 aliphatic heterocycles. The van der Waals surface area contributed by atoms with Gasteiger partial charge in [0.15, 0.2) is 6.10 Å². The van der Waals surface area contributed by atoms with Crippen LogP contribution in [-0.4, -0.2) is 22.0 Å². The first kappa shape index (κ1) is 15.4. The molecule has 2 aromatic rings. The Morgan fingerprint density at radius 2 is 2.22 bits per heavy atom. The molecule has 1 aromatic heterocycles. The second kappa shape index (κ2) is 6.73. The number of aromatic nitrogens is 2. The van der Waals surface area contributed by atoms with Crippen molar-refractivity contribution in [2.75, 3.05) is 0 Å². The van der Waals surface area contributed by atoms with E-state index >= 15 is 0 Å². The van der Waals surface area contributed by atoms with Gasteiger partial charge in [-0.05, 0) is 38.0 Å². The lowest BCUT2D eigenvalue weighted by molar-refractivity contribution is -0.127. The van der Waals surface area contributed by atoms with Crippen molar-refractivity contribution in [3.05, 3.63) is 53.9 Å². The zero-order valence-electron chi connectivity index (χ0n) is 12.8. The summed E-state index contributed by atoms with van der Waals surface area (Å²) in [6, 6.07) is 7.64. The van der Waals surface area contributed by atoms with Crippen LogP contribution in [0.1, 0.15) is 37.1 Å². The molecule has 5 nitrogen and oxygen atoms in total. The number of carbonyl (C=O) groups excluding carboxylic acids is 1. The van der Waals surface area contributed by atoms with Gasteiger partial charge in [0.1, 0.15) is 17.9 Å². The van der Waals surface area contributed by atoms with Crippen LogP contribution < -0.4 is 10.1 Å². The SMILES string of the molecule is CC(Oc1cccc(F)c1)C(=O)NCc1cc(C2CC2)ncn1. The van der Waals surface area contributed by atoms with Gasteiger partial charge in [-0.3, -0.25) is 4.79 Å². The molecule has 3 rings (SSSR count). The van der Waals surface area contributed by atoms with Crippen molar-refractivity contribution < 1.29 is 13.9 Å². The molecule has 0 saturated heterocycles. The highest BCUT2D eigenvalue weighted by Crippen LogP contribution is 2.38. The van der Waals surface area contributed by atoms with Gasteiger partial charge in [0, 0.05) is 17.7 Å². The van der Waals surface area contributed by atoms with E-state index in [1.807, 2.05) is 6.07 Å². The van der Waals surface area contributed by atoms with Crippen LogP contribution in [-0.2, 0) is 11.3 Å². The second-order valence-electron chi connectivity index (χ2n) is 5.64. The van der Waals surface area contributed by atoms with E-state index in [0.29, 0.717) is 18.2 Å². The molecular formula is C17H18FN3O2. The molecule has 1 heterocycles. The molecule has 1 aliphatic carbocycles. The lowest BCUT2D eigenvalue weighted by atomic mass is 10.2. The van der Waals surface area contributed by atoms with Gasteiger partial charge in [-0.1, -0.05) is 6.07 Å². The van der Waals surface area contributed by atoms with Crippen molar-refractivity contribution in [1.82, 2.24) is 15.3 Å². The van der Waals surface area contributed by atoms with Crippen LogP contribution in [0.5, 0.6) is 5.75 Å². The maximum absolute atomic E-state index is 13.1. The predicted molar refractivity (Wildman–Crippen MR) is 82.3 cm³/mol. The van der Waals surface area contributed by atoms with E-state index in [9.17, 15) is 9.18 Å². The molecule has 0 bridgehead atoms. The van der Waals surface area contributed by atoms with E-state index in [0.717, 1.165) is 11.4 Å². The first-order chi connectivity index (χ1) is 11.1. The van der Waals surface area contributed by atoms with E-state index in [1.165, 1.54) is 37.4 Å². The maximum Gasteiger partial charge on any atom is 0.261 e. The summed E-state index contributed by atoms with van der Waals surface area (Å²) in [7, 11) is 0. The Morgan fingerprint density at radius 3 is 2.96 bits per heavy atom. The number of halogens is 1. The summed E-state index contributed by atoms with van der Waals surface area (Å²) in [5, 5.41) is 2.77. The van der Waals surface area contributed by atoms with Crippen molar-refractivity contribution in [3.63, 3.8) is 0 Å². The average Bonchev–Trinajstić information content (AvgIpc) is 3.38. The Kier molecular flexibility index (Phi) is 4.50. The number of hydrogen-bond donors (Lipinski definition) is 1. The van der Waals surface area contributed by atoms with Gasteiger partial charge in [-0.25, -0.2) is 14.4 Å². The fourth-order valence-electron chi connectivity index (χ4n) is 2.23. The van der Waals surface area contributed by atoms with E-state index in [-0.39, 0.29) is 5.91 Å². The molecule has 0 spiro atoms. The summed E-state index contributed by atoms with van der Waals surface area (Å²) >= 11 is 0. The summed E-state index contributed by atoms with van der Waals surface area (Å²) in [5.41, 5.74) is 1.81. The van der Waals surface area contributed by atoms with Crippen molar-refractivity contribution >= 4 is 5.91 Å². The molecular weight excluding hydrogens is 297 g/mol.